The molecule has 0 bridgehead atoms. The molecule has 0 aliphatic heterocycles. The molecular formula is C10H12BrIN2O. The van der Waals surface area contributed by atoms with Gasteiger partial charge in [-0.15, -0.1) is 0 Å². The van der Waals surface area contributed by atoms with E-state index in [0.717, 1.165) is 13.7 Å². The Labute approximate surface area is 111 Å². The van der Waals surface area contributed by atoms with E-state index >= 15 is 0 Å². The van der Waals surface area contributed by atoms with E-state index in [1.54, 1.807) is 0 Å². The highest BCUT2D eigenvalue weighted by atomic mass is 127. The van der Waals surface area contributed by atoms with Crippen molar-refractivity contribution < 1.29 is 4.79 Å². The van der Waals surface area contributed by atoms with Crippen LogP contribution in [-0.2, 0) is 0 Å². The summed E-state index contributed by atoms with van der Waals surface area (Å²) in [5.74, 6) is 0. The van der Waals surface area contributed by atoms with Gasteiger partial charge >= 0.3 is 6.03 Å². The summed E-state index contributed by atoms with van der Waals surface area (Å²) >= 11 is 5.63. The predicted molar refractivity (Wildman–Crippen MR) is 74.1 cm³/mol. The van der Waals surface area contributed by atoms with Crippen molar-refractivity contribution in [2.45, 2.75) is 19.9 Å². The molecule has 1 aromatic rings. The summed E-state index contributed by atoms with van der Waals surface area (Å²) in [4.78, 5) is 11.4. The topological polar surface area (TPSA) is 41.1 Å². The molecule has 0 atom stereocenters. The van der Waals surface area contributed by atoms with Crippen molar-refractivity contribution in [2.24, 2.45) is 0 Å². The number of amides is 2. The van der Waals surface area contributed by atoms with Crippen molar-refractivity contribution in [3.05, 3.63) is 26.2 Å². The molecule has 0 fully saturated rings. The Hall–Kier alpha value is -0.300. The molecule has 1 aromatic carbocycles. The Morgan fingerprint density at radius 1 is 1.47 bits per heavy atom. The Morgan fingerprint density at radius 3 is 2.67 bits per heavy atom. The van der Waals surface area contributed by atoms with Crippen molar-refractivity contribution in [3.8, 4) is 0 Å². The van der Waals surface area contributed by atoms with E-state index < -0.39 is 0 Å². The average Bonchev–Trinajstić information content (AvgIpc) is 2.10. The molecule has 0 saturated heterocycles. The van der Waals surface area contributed by atoms with Crippen LogP contribution < -0.4 is 10.6 Å². The highest BCUT2D eigenvalue weighted by Crippen LogP contribution is 2.22. The quantitative estimate of drug-likeness (QED) is 0.754. The van der Waals surface area contributed by atoms with Gasteiger partial charge in [-0.2, -0.15) is 0 Å². The summed E-state index contributed by atoms with van der Waals surface area (Å²) in [7, 11) is 0. The third-order valence-corrected chi connectivity index (χ3v) is 3.94. The predicted octanol–water partition coefficient (Wildman–Crippen LogP) is 3.58. The average molecular weight is 383 g/mol. The van der Waals surface area contributed by atoms with Crippen molar-refractivity contribution in [3.63, 3.8) is 0 Å². The van der Waals surface area contributed by atoms with Crippen LogP contribution in [0.25, 0.3) is 0 Å². The summed E-state index contributed by atoms with van der Waals surface area (Å²) in [6.45, 7) is 3.84. The maximum absolute atomic E-state index is 11.4. The fourth-order valence-electron chi connectivity index (χ4n) is 1.00. The zero-order chi connectivity index (χ0) is 11.4. The number of hydrogen-bond acceptors (Lipinski definition) is 1. The van der Waals surface area contributed by atoms with E-state index in [0.29, 0.717) is 0 Å². The van der Waals surface area contributed by atoms with Gasteiger partial charge in [0.2, 0.25) is 0 Å². The van der Waals surface area contributed by atoms with Gasteiger partial charge < -0.3 is 10.6 Å². The lowest BCUT2D eigenvalue weighted by Gasteiger charge is -2.10. The molecule has 0 saturated carbocycles. The van der Waals surface area contributed by atoms with Gasteiger partial charge in [-0.3, -0.25) is 0 Å². The van der Waals surface area contributed by atoms with Crippen LogP contribution in [-0.4, -0.2) is 12.1 Å². The molecule has 5 heteroatoms. The van der Waals surface area contributed by atoms with E-state index in [9.17, 15) is 4.79 Å². The van der Waals surface area contributed by atoms with Gasteiger partial charge in [0.15, 0.2) is 0 Å². The number of nitrogens with one attached hydrogen (secondary N) is 2. The van der Waals surface area contributed by atoms with Crippen LogP contribution >= 0.6 is 38.5 Å². The second kappa shape index (κ2) is 5.69. The number of halogens is 2. The molecule has 0 heterocycles. The number of anilines is 1. The second-order valence-electron chi connectivity index (χ2n) is 3.38. The fourth-order valence-corrected chi connectivity index (χ4v) is 1.72. The first-order valence-corrected chi connectivity index (χ1v) is 6.39. The molecule has 1 rings (SSSR count). The third kappa shape index (κ3) is 4.38. The highest BCUT2D eigenvalue weighted by molar-refractivity contribution is 14.1. The molecular weight excluding hydrogens is 371 g/mol. The number of carbonyl (C=O) groups is 1. The fraction of sp³-hybridized carbons (Fsp3) is 0.300. The monoisotopic (exact) mass is 382 g/mol. The minimum Gasteiger partial charge on any atom is -0.336 e. The van der Waals surface area contributed by atoms with Crippen molar-refractivity contribution in [2.75, 3.05) is 5.32 Å². The van der Waals surface area contributed by atoms with Gasteiger partial charge in [-0.25, -0.2) is 4.79 Å². The number of rotatable bonds is 2. The Balaban J connectivity index is 2.65. The summed E-state index contributed by atoms with van der Waals surface area (Å²) < 4.78 is 2.09. The zero-order valence-electron chi connectivity index (χ0n) is 8.47. The summed E-state index contributed by atoms with van der Waals surface area (Å²) in [6.07, 6.45) is 0. The standard InChI is InChI=1S/C10H12BrIN2O/c1-6(2)13-10(15)14-7-3-4-9(12)8(11)5-7/h3-6H,1-2H3,(H2,13,14,15). The van der Waals surface area contributed by atoms with Crippen LogP contribution in [0.1, 0.15) is 13.8 Å². The first-order chi connectivity index (χ1) is 6.99. The Bertz CT molecular complexity index is 368. The van der Waals surface area contributed by atoms with Gasteiger partial charge in [0.1, 0.15) is 0 Å². The SMILES string of the molecule is CC(C)NC(=O)Nc1ccc(I)c(Br)c1. The second-order valence-corrected chi connectivity index (χ2v) is 5.40. The molecule has 2 amide bonds. The van der Waals surface area contributed by atoms with Crippen LogP contribution in [0.5, 0.6) is 0 Å². The Morgan fingerprint density at radius 2 is 2.13 bits per heavy atom. The van der Waals surface area contributed by atoms with Crippen LogP contribution in [0.15, 0.2) is 22.7 Å². The molecule has 0 unspecified atom stereocenters. The molecule has 2 N–H and O–H groups in total. The number of carbonyl (C=O) groups excluding carboxylic acids is 1. The highest BCUT2D eigenvalue weighted by Gasteiger charge is 2.04. The largest absolute Gasteiger partial charge is 0.336 e. The van der Waals surface area contributed by atoms with Crippen molar-refractivity contribution in [1.29, 1.82) is 0 Å². The maximum atomic E-state index is 11.4. The molecule has 3 nitrogen and oxygen atoms in total. The third-order valence-electron chi connectivity index (χ3n) is 1.60. The van der Waals surface area contributed by atoms with Crippen LogP contribution in [0, 0.1) is 3.57 Å². The maximum Gasteiger partial charge on any atom is 0.319 e. The van der Waals surface area contributed by atoms with E-state index in [1.807, 2.05) is 32.0 Å². The number of urea groups is 1. The molecule has 0 aliphatic carbocycles. The van der Waals surface area contributed by atoms with E-state index in [1.165, 1.54) is 0 Å². The zero-order valence-corrected chi connectivity index (χ0v) is 12.2. The normalized spacial score (nSPS) is 10.2. The van der Waals surface area contributed by atoms with Crippen molar-refractivity contribution >= 4 is 50.2 Å². The van der Waals surface area contributed by atoms with Gasteiger partial charge in [-0.1, -0.05) is 0 Å². The molecule has 15 heavy (non-hydrogen) atoms. The summed E-state index contributed by atoms with van der Waals surface area (Å²) in [5.41, 5.74) is 0.778. The first-order valence-electron chi connectivity index (χ1n) is 4.51. The first kappa shape index (κ1) is 12.8. The van der Waals surface area contributed by atoms with Gasteiger partial charge in [-0.05, 0) is 70.6 Å². The van der Waals surface area contributed by atoms with E-state index in [-0.39, 0.29) is 12.1 Å². The molecule has 82 valence electrons. The smallest absolute Gasteiger partial charge is 0.319 e. The van der Waals surface area contributed by atoms with Crippen LogP contribution in [0.2, 0.25) is 0 Å². The minimum absolute atomic E-state index is 0.136. The van der Waals surface area contributed by atoms with Gasteiger partial charge in [0, 0.05) is 19.8 Å². The number of benzene rings is 1. The molecule has 0 aliphatic rings. The Kier molecular flexibility index (Phi) is 4.85. The van der Waals surface area contributed by atoms with E-state index in [2.05, 4.69) is 49.2 Å². The lowest BCUT2D eigenvalue weighted by atomic mass is 10.3. The van der Waals surface area contributed by atoms with E-state index in [4.69, 9.17) is 0 Å². The molecule has 0 spiro atoms. The lowest BCUT2D eigenvalue weighted by molar-refractivity contribution is 0.250. The number of hydrogen-bond donors (Lipinski definition) is 2. The van der Waals surface area contributed by atoms with Crippen molar-refractivity contribution in [1.82, 2.24) is 5.32 Å². The minimum atomic E-state index is -0.182. The van der Waals surface area contributed by atoms with Crippen LogP contribution in [0.3, 0.4) is 0 Å². The summed E-state index contributed by atoms with van der Waals surface area (Å²) in [6, 6.07) is 5.64. The van der Waals surface area contributed by atoms with Gasteiger partial charge in [0.05, 0.1) is 0 Å². The summed E-state index contributed by atoms with van der Waals surface area (Å²) in [5, 5.41) is 5.52. The van der Waals surface area contributed by atoms with Gasteiger partial charge in [0.25, 0.3) is 0 Å². The molecule has 0 aromatic heterocycles. The lowest BCUT2D eigenvalue weighted by Crippen LogP contribution is -2.34. The molecule has 0 radical (unpaired) electrons. The van der Waals surface area contributed by atoms with Crippen LogP contribution in [0.4, 0.5) is 10.5 Å².